The third-order valence-electron chi connectivity index (χ3n) is 1.68. The Morgan fingerprint density at radius 1 is 1.13 bits per heavy atom. The monoisotopic (exact) mass is 221 g/mol. The summed E-state index contributed by atoms with van der Waals surface area (Å²) in [6, 6.07) is 2.99. The van der Waals surface area contributed by atoms with Crippen molar-refractivity contribution >= 4 is 0 Å². The highest BCUT2D eigenvalue weighted by Gasteiger charge is 2.31. The van der Waals surface area contributed by atoms with Crippen LogP contribution in [0.5, 0.6) is 5.75 Å². The topological polar surface area (TPSA) is 9.23 Å². The summed E-state index contributed by atoms with van der Waals surface area (Å²) >= 11 is 0. The van der Waals surface area contributed by atoms with Crippen molar-refractivity contribution in [2.24, 2.45) is 0 Å². The van der Waals surface area contributed by atoms with Crippen molar-refractivity contribution in [3.63, 3.8) is 0 Å². The van der Waals surface area contributed by atoms with Gasteiger partial charge in [-0.05, 0) is 23.6 Å². The molecule has 0 spiro atoms. The van der Waals surface area contributed by atoms with E-state index in [0.717, 1.165) is 12.1 Å². The van der Waals surface area contributed by atoms with Gasteiger partial charge in [-0.15, -0.1) is 13.2 Å². The normalized spacial score (nSPS) is 11.9. The van der Waals surface area contributed by atoms with E-state index in [2.05, 4.69) is 4.74 Å². The Hall–Kier alpha value is -1.26. The number of alkyl halides is 3. The maximum absolute atomic E-state index is 12.9. The quantitative estimate of drug-likeness (QED) is 0.692. The van der Waals surface area contributed by atoms with Gasteiger partial charge in [0.05, 0.1) is 0 Å². The second-order valence-corrected chi connectivity index (χ2v) is 3.22. The highest BCUT2D eigenvalue weighted by atomic mass is 19.4. The standard InChI is InChI=1S/C10H9F4O/c1-6(2)7-3-8(11)5-9(4-7)15-10(12,13)14/h3-5H,1-2H3. The van der Waals surface area contributed by atoms with E-state index in [0.29, 0.717) is 17.5 Å². The van der Waals surface area contributed by atoms with Gasteiger partial charge in [0.1, 0.15) is 11.6 Å². The Balaban J connectivity index is 2.99. The molecule has 1 aromatic rings. The van der Waals surface area contributed by atoms with Gasteiger partial charge in [0.25, 0.3) is 0 Å². The van der Waals surface area contributed by atoms with Crippen molar-refractivity contribution in [2.75, 3.05) is 0 Å². The van der Waals surface area contributed by atoms with Gasteiger partial charge < -0.3 is 4.74 Å². The van der Waals surface area contributed by atoms with Crippen molar-refractivity contribution in [3.05, 3.63) is 35.5 Å². The molecule has 0 aliphatic heterocycles. The van der Waals surface area contributed by atoms with Crippen molar-refractivity contribution in [3.8, 4) is 5.75 Å². The van der Waals surface area contributed by atoms with Gasteiger partial charge >= 0.3 is 6.36 Å². The lowest BCUT2D eigenvalue weighted by Gasteiger charge is -2.11. The lowest BCUT2D eigenvalue weighted by atomic mass is 10.0. The van der Waals surface area contributed by atoms with E-state index < -0.39 is 17.9 Å². The summed E-state index contributed by atoms with van der Waals surface area (Å²) in [5.74, 6) is -0.590. The molecule has 0 saturated heterocycles. The lowest BCUT2D eigenvalue weighted by Crippen LogP contribution is -2.17. The first-order valence-electron chi connectivity index (χ1n) is 4.15. The van der Waals surface area contributed by atoms with Crippen LogP contribution in [-0.4, -0.2) is 6.36 Å². The van der Waals surface area contributed by atoms with E-state index in [1.807, 2.05) is 0 Å². The highest BCUT2D eigenvalue weighted by Crippen LogP contribution is 2.26. The summed E-state index contributed by atoms with van der Waals surface area (Å²) in [4.78, 5) is 0. The molecular formula is C10H9F4O. The van der Waals surface area contributed by atoms with E-state index in [1.165, 1.54) is 0 Å². The third-order valence-corrected chi connectivity index (χ3v) is 1.68. The molecule has 0 aromatic heterocycles. The Kier molecular flexibility index (Phi) is 3.21. The van der Waals surface area contributed by atoms with Gasteiger partial charge in [-0.25, -0.2) is 4.39 Å². The number of hydrogen-bond acceptors (Lipinski definition) is 1. The van der Waals surface area contributed by atoms with E-state index in [9.17, 15) is 17.6 Å². The minimum Gasteiger partial charge on any atom is -0.406 e. The molecule has 0 N–H and O–H groups in total. The van der Waals surface area contributed by atoms with E-state index >= 15 is 0 Å². The van der Waals surface area contributed by atoms with Crippen LogP contribution in [0.1, 0.15) is 19.4 Å². The molecule has 0 amide bonds. The van der Waals surface area contributed by atoms with Gasteiger partial charge in [0, 0.05) is 6.07 Å². The smallest absolute Gasteiger partial charge is 0.406 e. The van der Waals surface area contributed by atoms with Crippen LogP contribution in [0.15, 0.2) is 18.2 Å². The fourth-order valence-electron chi connectivity index (χ4n) is 1.04. The Morgan fingerprint density at radius 3 is 2.20 bits per heavy atom. The molecule has 0 aliphatic rings. The van der Waals surface area contributed by atoms with Crippen molar-refractivity contribution in [1.82, 2.24) is 0 Å². The third kappa shape index (κ3) is 3.77. The molecule has 0 atom stereocenters. The molecule has 0 saturated carbocycles. The molecule has 0 unspecified atom stereocenters. The van der Waals surface area contributed by atoms with E-state index in [4.69, 9.17) is 0 Å². The molecule has 0 bridgehead atoms. The highest BCUT2D eigenvalue weighted by molar-refractivity contribution is 5.36. The summed E-state index contributed by atoms with van der Waals surface area (Å²) in [6.45, 7) is 3.35. The van der Waals surface area contributed by atoms with E-state index in [-0.39, 0.29) is 0 Å². The second-order valence-electron chi connectivity index (χ2n) is 3.22. The Bertz CT molecular complexity index is 344. The first-order chi connectivity index (χ1) is 6.78. The van der Waals surface area contributed by atoms with Crippen molar-refractivity contribution < 1.29 is 22.3 Å². The fourth-order valence-corrected chi connectivity index (χ4v) is 1.04. The molecule has 1 radical (unpaired) electrons. The minimum absolute atomic E-state index is 0.384. The predicted octanol–water partition coefficient (Wildman–Crippen LogP) is 3.69. The molecule has 1 aromatic carbocycles. The molecule has 0 fully saturated rings. The van der Waals surface area contributed by atoms with E-state index in [1.54, 1.807) is 13.8 Å². The van der Waals surface area contributed by atoms with Crippen LogP contribution in [0, 0.1) is 11.7 Å². The molecule has 83 valence electrons. The first-order valence-corrected chi connectivity index (χ1v) is 4.15. The maximum atomic E-state index is 12.9. The van der Waals surface area contributed by atoms with Crippen LogP contribution < -0.4 is 4.74 Å². The molecule has 1 nitrogen and oxygen atoms in total. The fraction of sp³-hybridized carbons (Fsp3) is 0.300. The molecule has 0 aliphatic carbocycles. The maximum Gasteiger partial charge on any atom is 0.573 e. The summed E-state index contributed by atoms with van der Waals surface area (Å²) in [6.07, 6.45) is -4.80. The zero-order valence-electron chi connectivity index (χ0n) is 8.15. The lowest BCUT2D eigenvalue weighted by molar-refractivity contribution is -0.274. The van der Waals surface area contributed by atoms with Crippen LogP contribution in [-0.2, 0) is 0 Å². The predicted molar refractivity (Wildman–Crippen MR) is 46.8 cm³/mol. The second kappa shape index (κ2) is 4.08. The molecule has 15 heavy (non-hydrogen) atoms. The number of ether oxygens (including phenoxy) is 1. The summed E-state index contributed by atoms with van der Waals surface area (Å²) in [5, 5.41) is 0. The largest absolute Gasteiger partial charge is 0.573 e. The summed E-state index contributed by atoms with van der Waals surface area (Å²) < 4.78 is 52.1. The molecule has 5 heteroatoms. The van der Waals surface area contributed by atoms with Crippen LogP contribution in [0.4, 0.5) is 17.6 Å². The Morgan fingerprint density at radius 2 is 1.73 bits per heavy atom. The average molecular weight is 221 g/mol. The van der Waals surface area contributed by atoms with Gasteiger partial charge in [-0.3, -0.25) is 0 Å². The van der Waals surface area contributed by atoms with Gasteiger partial charge in [-0.1, -0.05) is 13.8 Å². The van der Waals surface area contributed by atoms with Gasteiger partial charge in [0.2, 0.25) is 0 Å². The Labute approximate surface area is 84.7 Å². The van der Waals surface area contributed by atoms with Crippen LogP contribution in [0.2, 0.25) is 0 Å². The molecule has 0 heterocycles. The molecular weight excluding hydrogens is 212 g/mol. The number of hydrogen-bond donors (Lipinski definition) is 0. The van der Waals surface area contributed by atoms with Crippen LogP contribution in [0.3, 0.4) is 0 Å². The van der Waals surface area contributed by atoms with Gasteiger partial charge in [-0.2, -0.15) is 0 Å². The van der Waals surface area contributed by atoms with Crippen molar-refractivity contribution in [2.45, 2.75) is 20.2 Å². The number of benzene rings is 1. The number of halogens is 4. The summed E-state index contributed by atoms with van der Waals surface area (Å²) in [7, 11) is 0. The number of rotatable bonds is 2. The average Bonchev–Trinajstić information content (AvgIpc) is 1.99. The van der Waals surface area contributed by atoms with Gasteiger partial charge in [0.15, 0.2) is 0 Å². The van der Waals surface area contributed by atoms with Crippen molar-refractivity contribution in [1.29, 1.82) is 0 Å². The SMILES string of the molecule is C[C](C)c1cc(F)cc(OC(F)(F)F)c1. The summed E-state index contributed by atoms with van der Waals surface area (Å²) in [5.41, 5.74) is 0.384. The van der Waals surface area contributed by atoms with Crippen LogP contribution in [0.25, 0.3) is 0 Å². The first kappa shape index (κ1) is 11.8. The minimum atomic E-state index is -4.80. The zero-order chi connectivity index (χ0) is 11.6. The van der Waals surface area contributed by atoms with Crippen LogP contribution >= 0.6 is 0 Å². The zero-order valence-corrected chi connectivity index (χ0v) is 8.15. The molecule has 1 rings (SSSR count).